The average Bonchev–Trinajstić information content (AvgIpc) is 3.17. The molecule has 0 saturated heterocycles. The minimum atomic E-state index is -4.41. The highest BCUT2D eigenvalue weighted by Gasteiger charge is 2.30. The summed E-state index contributed by atoms with van der Waals surface area (Å²) in [6.45, 7) is 2.51. The number of amides is 1. The van der Waals surface area contributed by atoms with Crippen LogP contribution in [0.2, 0.25) is 0 Å². The molecule has 2 aromatic rings. The van der Waals surface area contributed by atoms with E-state index in [1.54, 1.807) is 11.5 Å². The predicted octanol–water partition coefficient (Wildman–Crippen LogP) is 5.62. The van der Waals surface area contributed by atoms with Gasteiger partial charge in [-0.3, -0.25) is 4.79 Å². The maximum atomic E-state index is 13.4. The first kappa shape index (κ1) is 26.3. The van der Waals surface area contributed by atoms with Crippen molar-refractivity contribution >= 4 is 5.91 Å². The molecule has 0 unspecified atom stereocenters. The van der Waals surface area contributed by atoms with Crippen molar-refractivity contribution in [1.82, 2.24) is 14.9 Å². The normalized spacial score (nSPS) is 18.4. The molecule has 2 N–H and O–H groups in total. The van der Waals surface area contributed by atoms with Gasteiger partial charge in [0, 0.05) is 13.1 Å². The van der Waals surface area contributed by atoms with Crippen LogP contribution in [-0.2, 0) is 12.7 Å². The second-order valence-electron chi connectivity index (χ2n) is 10.2. The smallest absolute Gasteiger partial charge is 0.378 e. The summed E-state index contributed by atoms with van der Waals surface area (Å²) in [6.07, 6.45) is 5.39. The van der Waals surface area contributed by atoms with Gasteiger partial charge in [0.15, 0.2) is 0 Å². The molecule has 0 bridgehead atoms. The van der Waals surface area contributed by atoms with Gasteiger partial charge in [-0.05, 0) is 75.0 Å². The van der Waals surface area contributed by atoms with Gasteiger partial charge in [0.05, 0.1) is 5.56 Å². The number of alkyl halides is 3. The van der Waals surface area contributed by atoms with Crippen molar-refractivity contribution in [2.24, 2.45) is 5.92 Å². The maximum Gasteiger partial charge on any atom is 0.416 e. The summed E-state index contributed by atoms with van der Waals surface area (Å²) in [5.41, 5.74) is -0.601. The molecule has 1 aromatic heterocycles. The molecular formula is C28H34F3N3O2. The van der Waals surface area contributed by atoms with Crippen molar-refractivity contribution in [2.45, 2.75) is 89.5 Å². The van der Waals surface area contributed by atoms with Gasteiger partial charge in [-0.2, -0.15) is 13.2 Å². The zero-order chi connectivity index (χ0) is 25.8. The summed E-state index contributed by atoms with van der Waals surface area (Å²) in [6, 6.07) is 4.93. The summed E-state index contributed by atoms with van der Waals surface area (Å²) < 4.78 is 40.7. The van der Waals surface area contributed by atoms with Crippen LogP contribution in [0.5, 0.6) is 0 Å². The van der Waals surface area contributed by atoms with Crippen LogP contribution in [0.25, 0.3) is 0 Å². The zero-order valence-electron chi connectivity index (χ0n) is 20.8. The maximum absolute atomic E-state index is 13.4. The van der Waals surface area contributed by atoms with E-state index in [-0.39, 0.29) is 18.1 Å². The van der Waals surface area contributed by atoms with Crippen LogP contribution < -0.4 is 5.32 Å². The molecule has 2 fully saturated rings. The first-order chi connectivity index (χ1) is 17.1. The van der Waals surface area contributed by atoms with Crippen LogP contribution in [0.1, 0.15) is 97.3 Å². The molecule has 2 aliphatic carbocycles. The number of aromatic nitrogens is 2. The van der Waals surface area contributed by atoms with Crippen molar-refractivity contribution in [3.63, 3.8) is 0 Å². The summed E-state index contributed by atoms with van der Waals surface area (Å²) >= 11 is 0. The minimum absolute atomic E-state index is 0.190. The number of nitrogens with one attached hydrogen (secondary N) is 1. The first-order valence-corrected chi connectivity index (χ1v) is 12.9. The average molecular weight is 502 g/mol. The second-order valence-corrected chi connectivity index (χ2v) is 10.2. The van der Waals surface area contributed by atoms with Crippen molar-refractivity contribution in [3.05, 3.63) is 52.6 Å². The van der Waals surface area contributed by atoms with E-state index in [1.807, 2.05) is 0 Å². The Morgan fingerprint density at radius 2 is 1.75 bits per heavy atom. The van der Waals surface area contributed by atoms with E-state index >= 15 is 0 Å². The van der Waals surface area contributed by atoms with Crippen LogP contribution in [0, 0.1) is 24.7 Å². The largest absolute Gasteiger partial charge is 0.416 e. The van der Waals surface area contributed by atoms with Gasteiger partial charge in [0.2, 0.25) is 0 Å². The molecule has 1 aromatic carbocycles. The molecule has 8 heteroatoms. The number of imidazole rings is 1. The van der Waals surface area contributed by atoms with Gasteiger partial charge in [0.1, 0.15) is 22.8 Å². The molecule has 1 heterocycles. The number of aliphatic hydroxyl groups is 1. The Labute approximate surface area is 210 Å². The first-order valence-electron chi connectivity index (χ1n) is 12.9. The van der Waals surface area contributed by atoms with E-state index in [2.05, 4.69) is 22.1 Å². The topological polar surface area (TPSA) is 67.2 Å². The molecule has 0 radical (unpaired) electrons. The summed E-state index contributed by atoms with van der Waals surface area (Å²) in [4.78, 5) is 17.9. The Balaban J connectivity index is 1.62. The summed E-state index contributed by atoms with van der Waals surface area (Å²) in [5.74, 6) is 6.62. The highest BCUT2D eigenvalue weighted by molar-refractivity contribution is 5.95. The Kier molecular flexibility index (Phi) is 8.09. The van der Waals surface area contributed by atoms with Gasteiger partial charge in [-0.1, -0.05) is 43.7 Å². The molecule has 5 nitrogen and oxygen atoms in total. The third-order valence-electron chi connectivity index (χ3n) is 7.37. The number of halogens is 3. The van der Waals surface area contributed by atoms with E-state index in [1.165, 1.54) is 31.4 Å². The lowest BCUT2D eigenvalue weighted by Crippen LogP contribution is -2.32. The van der Waals surface area contributed by atoms with E-state index in [0.29, 0.717) is 42.4 Å². The van der Waals surface area contributed by atoms with E-state index in [0.717, 1.165) is 44.2 Å². The fourth-order valence-electron chi connectivity index (χ4n) is 5.21. The van der Waals surface area contributed by atoms with Crippen LogP contribution in [0.15, 0.2) is 24.3 Å². The Bertz CT molecular complexity index is 1110. The summed E-state index contributed by atoms with van der Waals surface area (Å²) in [5, 5.41) is 13.9. The Morgan fingerprint density at radius 3 is 2.39 bits per heavy atom. The van der Waals surface area contributed by atoms with Crippen molar-refractivity contribution in [2.75, 3.05) is 6.54 Å². The molecule has 2 saturated carbocycles. The van der Waals surface area contributed by atoms with Crippen molar-refractivity contribution in [3.8, 4) is 11.8 Å². The third kappa shape index (κ3) is 6.50. The standard InChI is InChI=1S/C28H34F3N3O2/c1-20-33-24(14-17-27(36)15-6-3-7-16-27)25(26(35)32-18-21-8-4-2-5-9-21)34(20)19-22-10-12-23(13-11-22)28(29,30)31/h10-13,21,36H,2-9,15-16,18-19H2,1H3,(H,32,35). The molecule has 1 amide bonds. The zero-order valence-corrected chi connectivity index (χ0v) is 20.8. The number of aryl methyl sites for hydroxylation is 1. The van der Waals surface area contributed by atoms with Gasteiger partial charge in [-0.25, -0.2) is 4.98 Å². The highest BCUT2D eigenvalue weighted by Crippen LogP contribution is 2.30. The second kappa shape index (κ2) is 11.1. The fourth-order valence-corrected chi connectivity index (χ4v) is 5.21. The van der Waals surface area contributed by atoms with Crippen molar-refractivity contribution in [1.29, 1.82) is 0 Å². The van der Waals surface area contributed by atoms with Crippen LogP contribution in [-0.4, -0.2) is 32.7 Å². The quantitative estimate of drug-likeness (QED) is 0.523. The molecule has 194 valence electrons. The van der Waals surface area contributed by atoms with Gasteiger partial charge >= 0.3 is 6.18 Å². The van der Waals surface area contributed by atoms with E-state index in [4.69, 9.17) is 0 Å². The third-order valence-corrected chi connectivity index (χ3v) is 7.37. The monoisotopic (exact) mass is 501 g/mol. The number of carbonyl (C=O) groups excluding carboxylic acids is 1. The highest BCUT2D eigenvalue weighted by atomic mass is 19.4. The number of nitrogens with zero attached hydrogens (tertiary/aromatic N) is 2. The molecule has 0 aliphatic heterocycles. The van der Waals surface area contributed by atoms with Crippen LogP contribution in [0.4, 0.5) is 13.2 Å². The number of hydrogen-bond donors (Lipinski definition) is 2. The molecule has 36 heavy (non-hydrogen) atoms. The Morgan fingerprint density at radius 1 is 1.11 bits per heavy atom. The predicted molar refractivity (Wildman–Crippen MR) is 131 cm³/mol. The number of rotatable bonds is 5. The van der Waals surface area contributed by atoms with Gasteiger partial charge < -0.3 is 15.0 Å². The fraction of sp³-hybridized carbons (Fsp3) is 0.571. The summed E-state index contributed by atoms with van der Waals surface area (Å²) in [7, 11) is 0. The van der Waals surface area contributed by atoms with Gasteiger partial charge in [-0.15, -0.1) is 0 Å². The lowest BCUT2D eigenvalue weighted by atomic mass is 9.85. The minimum Gasteiger partial charge on any atom is -0.378 e. The lowest BCUT2D eigenvalue weighted by molar-refractivity contribution is -0.137. The lowest BCUT2D eigenvalue weighted by Gasteiger charge is -2.26. The SMILES string of the molecule is Cc1nc(C#CC2(O)CCCCC2)c(C(=O)NCC2CCCCC2)n1Cc1ccc(C(F)(F)F)cc1. The molecule has 0 spiro atoms. The molecule has 4 rings (SSSR count). The number of benzene rings is 1. The van der Waals surface area contributed by atoms with Crippen molar-refractivity contribution < 1.29 is 23.1 Å². The molecule has 2 aliphatic rings. The van der Waals surface area contributed by atoms with E-state index in [9.17, 15) is 23.1 Å². The van der Waals surface area contributed by atoms with Crippen LogP contribution in [0.3, 0.4) is 0 Å². The number of hydrogen-bond acceptors (Lipinski definition) is 3. The van der Waals surface area contributed by atoms with Gasteiger partial charge in [0.25, 0.3) is 5.91 Å². The molecular weight excluding hydrogens is 467 g/mol. The van der Waals surface area contributed by atoms with E-state index < -0.39 is 17.3 Å². The van der Waals surface area contributed by atoms with Crippen LogP contribution >= 0.6 is 0 Å². The molecule has 0 atom stereocenters. The number of carbonyl (C=O) groups is 1. The Hall–Kier alpha value is -2.79.